The molecule has 0 spiro atoms. The number of halogens is 2. The lowest BCUT2D eigenvalue weighted by Gasteiger charge is -2.16. The van der Waals surface area contributed by atoms with Crippen LogP contribution in [0.4, 0.5) is 0 Å². The maximum absolute atomic E-state index is 13.6. The summed E-state index contributed by atoms with van der Waals surface area (Å²) in [6.07, 6.45) is -0.345. The lowest BCUT2D eigenvalue weighted by atomic mass is 9.99. The van der Waals surface area contributed by atoms with Crippen LogP contribution in [0.25, 0.3) is 11.0 Å². The van der Waals surface area contributed by atoms with Gasteiger partial charge in [0.25, 0.3) is 0 Å². The lowest BCUT2D eigenvalue weighted by molar-refractivity contribution is -0.146. The van der Waals surface area contributed by atoms with E-state index in [0.29, 0.717) is 34.5 Å². The molecule has 8 heteroatoms. The predicted molar refractivity (Wildman–Crippen MR) is 145 cm³/mol. The van der Waals surface area contributed by atoms with Gasteiger partial charge in [0.05, 0.1) is 18.8 Å². The number of furan rings is 1. The van der Waals surface area contributed by atoms with Crippen LogP contribution in [0.15, 0.2) is 40.8 Å². The molecule has 0 saturated carbocycles. The van der Waals surface area contributed by atoms with Gasteiger partial charge in [-0.3, -0.25) is 9.59 Å². The smallest absolute Gasteiger partial charge is 0.313 e. The van der Waals surface area contributed by atoms with Gasteiger partial charge in [-0.2, -0.15) is 0 Å². The van der Waals surface area contributed by atoms with Gasteiger partial charge in [-0.1, -0.05) is 25.1 Å². The number of esters is 1. The summed E-state index contributed by atoms with van der Waals surface area (Å²) in [7, 11) is 2.05. The summed E-state index contributed by atoms with van der Waals surface area (Å²) in [5, 5.41) is 0.683. The van der Waals surface area contributed by atoms with Gasteiger partial charge in [0.2, 0.25) is 0 Å². The third-order valence-corrected chi connectivity index (χ3v) is 6.69. The van der Waals surface area contributed by atoms with Crippen LogP contribution in [-0.2, 0) is 16.0 Å². The minimum Gasteiger partial charge on any atom is -0.490 e. The van der Waals surface area contributed by atoms with Crippen molar-refractivity contribution in [2.24, 2.45) is 0 Å². The number of carbonyl (C=O) groups is 2. The number of nitrogens with zero attached hydrogens (tertiary/aromatic N) is 1. The van der Waals surface area contributed by atoms with Crippen LogP contribution >= 0.6 is 45.2 Å². The second kappa shape index (κ2) is 11.7. The average Bonchev–Trinajstić information content (AvgIpc) is 3.11. The highest BCUT2D eigenvalue weighted by atomic mass is 127. The molecule has 2 aromatic carbocycles. The van der Waals surface area contributed by atoms with Gasteiger partial charge in [-0.05, 0) is 90.8 Å². The summed E-state index contributed by atoms with van der Waals surface area (Å²) in [5.74, 6) is 0.471. The quantitative estimate of drug-likeness (QED) is 0.156. The summed E-state index contributed by atoms with van der Waals surface area (Å²) < 4.78 is 18.9. The van der Waals surface area contributed by atoms with Crippen molar-refractivity contribution in [3.8, 4) is 5.75 Å². The number of hydrogen-bond donors (Lipinski definition) is 0. The maximum atomic E-state index is 13.6. The van der Waals surface area contributed by atoms with Gasteiger partial charge in [0.15, 0.2) is 5.78 Å². The minimum absolute atomic E-state index is 0.103. The van der Waals surface area contributed by atoms with Crippen LogP contribution in [0.1, 0.15) is 42.5 Å². The van der Waals surface area contributed by atoms with Gasteiger partial charge in [-0.25, -0.2) is 0 Å². The summed E-state index contributed by atoms with van der Waals surface area (Å²) >= 11 is 4.39. The Kier molecular flexibility index (Phi) is 9.17. The Balaban J connectivity index is 1.93. The first kappa shape index (κ1) is 26.0. The van der Waals surface area contributed by atoms with Crippen molar-refractivity contribution in [1.82, 2.24) is 4.90 Å². The molecule has 0 amide bonds. The highest BCUT2D eigenvalue weighted by molar-refractivity contribution is 14.1. The zero-order chi connectivity index (χ0) is 24.1. The molecule has 176 valence electrons. The number of para-hydroxylation sites is 1. The summed E-state index contributed by atoms with van der Waals surface area (Å²) in [4.78, 5) is 28.1. The monoisotopic (exact) mass is 675 g/mol. The first-order chi connectivity index (χ1) is 15.7. The van der Waals surface area contributed by atoms with Gasteiger partial charge in [0.1, 0.15) is 30.1 Å². The van der Waals surface area contributed by atoms with Crippen molar-refractivity contribution < 1.29 is 23.5 Å². The zero-order valence-electron chi connectivity index (χ0n) is 19.1. The van der Waals surface area contributed by atoms with E-state index >= 15 is 0 Å². The fourth-order valence-corrected chi connectivity index (χ4v) is 5.42. The summed E-state index contributed by atoms with van der Waals surface area (Å²) in [6, 6.07) is 11.0. The van der Waals surface area contributed by atoms with Crippen molar-refractivity contribution in [2.75, 3.05) is 26.7 Å². The predicted octanol–water partition coefficient (Wildman–Crippen LogP) is 5.70. The van der Waals surface area contributed by atoms with E-state index < -0.39 is 5.97 Å². The fraction of sp³-hybridized carbons (Fsp3) is 0.360. The molecule has 0 saturated heterocycles. The number of carbonyl (C=O) groups excluding carboxylic acids is 2. The Bertz CT molecular complexity index is 1130. The van der Waals surface area contributed by atoms with E-state index in [2.05, 4.69) is 57.0 Å². The number of hydrogen-bond acceptors (Lipinski definition) is 6. The number of ketones is 1. The molecule has 0 atom stereocenters. The molecule has 0 N–H and O–H groups in total. The lowest BCUT2D eigenvalue weighted by Crippen LogP contribution is -2.24. The molecule has 0 aliphatic heterocycles. The summed E-state index contributed by atoms with van der Waals surface area (Å²) in [6.45, 7) is 8.02. The Hall–Kier alpha value is -1.66. The van der Waals surface area contributed by atoms with Crippen LogP contribution in [0.3, 0.4) is 0 Å². The largest absolute Gasteiger partial charge is 0.490 e. The van der Waals surface area contributed by atoms with Gasteiger partial charge >= 0.3 is 5.97 Å². The van der Waals surface area contributed by atoms with Crippen molar-refractivity contribution in [3.05, 3.63) is 60.4 Å². The number of likely N-dealkylation sites (N-methyl/N-ethyl adjacent to an activating group) is 1. The molecule has 3 rings (SSSR count). The SMILES string of the molecule is CCN(C)CCOc1c(I)cc(C(=O)c2c(CC(=O)OC(C)C)oc3ccccc23)cc1I. The highest BCUT2D eigenvalue weighted by Gasteiger charge is 2.25. The number of fused-ring (bicyclic) bond motifs is 1. The third kappa shape index (κ3) is 6.48. The van der Waals surface area contributed by atoms with E-state index in [1.807, 2.05) is 37.4 Å². The Morgan fingerprint density at radius 3 is 2.42 bits per heavy atom. The molecule has 6 nitrogen and oxygen atoms in total. The maximum Gasteiger partial charge on any atom is 0.313 e. The summed E-state index contributed by atoms with van der Waals surface area (Å²) in [5.41, 5.74) is 1.49. The van der Waals surface area contributed by atoms with E-state index in [-0.39, 0.29) is 18.3 Å². The van der Waals surface area contributed by atoms with E-state index in [4.69, 9.17) is 13.9 Å². The van der Waals surface area contributed by atoms with Crippen LogP contribution in [-0.4, -0.2) is 49.5 Å². The first-order valence-electron chi connectivity index (χ1n) is 10.8. The Morgan fingerprint density at radius 1 is 1.12 bits per heavy atom. The molecule has 1 heterocycles. The fourth-order valence-electron chi connectivity index (χ4n) is 3.34. The molecule has 0 fully saturated rings. The number of ether oxygens (including phenoxy) is 2. The first-order valence-corrected chi connectivity index (χ1v) is 12.9. The van der Waals surface area contributed by atoms with Crippen LogP contribution in [0.2, 0.25) is 0 Å². The van der Waals surface area contributed by atoms with E-state index in [0.717, 1.165) is 26.0 Å². The van der Waals surface area contributed by atoms with Gasteiger partial charge in [0, 0.05) is 17.5 Å². The third-order valence-electron chi connectivity index (χ3n) is 5.09. The standard InChI is InChI=1S/C25H27I2NO5/c1-5-28(4)10-11-31-25-18(26)12-16(13-19(25)27)24(30)23-17-8-6-7-9-20(17)33-21(23)14-22(29)32-15(2)3/h6-9,12-13,15H,5,10-11,14H2,1-4H3. The highest BCUT2D eigenvalue weighted by Crippen LogP contribution is 2.33. The van der Waals surface area contributed by atoms with Crippen LogP contribution in [0, 0.1) is 7.14 Å². The zero-order valence-corrected chi connectivity index (χ0v) is 23.4. The van der Waals surface area contributed by atoms with Gasteiger partial charge < -0.3 is 18.8 Å². The minimum atomic E-state index is -0.428. The van der Waals surface area contributed by atoms with Crippen LogP contribution < -0.4 is 4.74 Å². The molecule has 0 aliphatic rings. The molecule has 3 aromatic rings. The molecular formula is C25H27I2NO5. The molecule has 33 heavy (non-hydrogen) atoms. The molecule has 0 unspecified atom stereocenters. The topological polar surface area (TPSA) is 69.0 Å². The molecule has 0 aliphatic carbocycles. The van der Waals surface area contributed by atoms with E-state index in [1.54, 1.807) is 19.9 Å². The number of rotatable bonds is 10. The van der Waals surface area contributed by atoms with E-state index in [9.17, 15) is 9.59 Å². The van der Waals surface area contributed by atoms with Crippen molar-refractivity contribution in [3.63, 3.8) is 0 Å². The molecule has 1 aromatic heterocycles. The average molecular weight is 675 g/mol. The van der Waals surface area contributed by atoms with Crippen molar-refractivity contribution in [1.29, 1.82) is 0 Å². The van der Waals surface area contributed by atoms with Crippen molar-refractivity contribution in [2.45, 2.75) is 33.3 Å². The Morgan fingerprint density at radius 2 is 1.79 bits per heavy atom. The molecular weight excluding hydrogens is 648 g/mol. The normalized spacial score (nSPS) is 11.4. The Labute approximate surface area is 221 Å². The van der Waals surface area contributed by atoms with Crippen molar-refractivity contribution >= 4 is 67.9 Å². The van der Waals surface area contributed by atoms with Crippen LogP contribution in [0.5, 0.6) is 5.75 Å². The van der Waals surface area contributed by atoms with E-state index in [1.165, 1.54) is 0 Å². The second-order valence-corrected chi connectivity index (χ2v) is 10.3. The number of benzene rings is 2. The molecule has 0 radical (unpaired) electrons. The second-order valence-electron chi connectivity index (χ2n) is 7.95. The molecule has 0 bridgehead atoms. The van der Waals surface area contributed by atoms with Gasteiger partial charge in [-0.15, -0.1) is 0 Å².